The molecule has 6 heteroatoms. The topological polar surface area (TPSA) is 46.5 Å². The van der Waals surface area contributed by atoms with E-state index in [0.29, 0.717) is 0 Å². The van der Waals surface area contributed by atoms with Crippen LogP contribution >= 0.6 is 11.6 Å². The summed E-state index contributed by atoms with van der Waals surface area (Å²) in [6.45, 7) is 0. The molecule has 0 aliphatic rings. The fourth-order valence-corrected chi connectivity index (χ4v) is 1.62. The second-order valence-corrected chi connectivity index (χ2v) is 3.98. The van der Waals surface area contributed by atoms with E-state index in [-0.39, 0.29) is 10.8 Å². The van der Waals surface area contributed by atoms with Crippen LogP contribution in [0.1, 0.15) is 10.4 Å². The van der Waals surface area contributed by atoms with Gasteiger partial charge in [0.25, 0.3) is 0 Å². The molecule has 19 heavy (non-hydrogen) atoms. The molecule has 3 nitrogen and oxygen atoms in total. The van der Waals surface area contributed by atoms with E-state index in [4.69, 9.17) is 21.4 Å². The third kappa shape index (κ3) is 2.66. The highest BCUT2D eigenvalue weighted by molar-refractivity contribution is 6.30. The van der Waals surface area contributed by atoms with Gasteiger partial charge in [-0.2, -0.15) is 0 Å². The molecule has 0 heterocycles. The number of carbonyl (C=O) groups is 1. The van der Waals surface area contributed by atoms with E-state index in [0.717, 1.165) is 12.1 Å². The van der Waals surface area contributed by atoms with E-state index in [1.807, 2.05) is 0 Å². The molecule has 2 rings (SSSR count). The first kappa shape index (κ1) is 13.3. The summed E-state index contributed by atoms with van der Waals surface area (Å²) in [5.74, 6) is -4.07. The average molecular weight is 285 g/mol. The first-order chi connectivity index (χ1) is 9.00. The van der Waals surface area contributed by atoms with E-state index in [1.165, 1.54) is 24.3 Å². The molecule has 0 amide bonds. The molecule has 0 fully saturated rings. The van der Waals surface area contributed by atoms with Gasteiger partial charge in [-0.1, -0.05) is 23.7 Å². The standard InChI is InChI=1S/C13H7ClF2O3/c14-8-4-2-6-10(11(8)16)19-12-7(13(17)18)3-1-5-9(12)15/h1-6H,(H,17,18). The van der Waals surface area contributed by atoms with Crippen LogP contribution in [0.2, 0.25) is 5.02 Å². The van der Waals surface area contributed by atoms with Gasteiger partial charge in [0, 0.05) is 0 Å². The number of hydrogen-bond acceptors (Lipinski definition) is 2. The van der Waals surface area contributed by atoms with E-state index in [2.05, 4.69) is 0 Å². The number of aromatic carboxylic acids is 1. The maximum Gasteiger partial charge on any atom is 0.339 e. The zero-order valence-electron chi connectivity index (χ0n) is 9.36. The van der Waals surface area contributed by atoms with Crippen molar-refractivity contribution < 1.29 is 23.4 Å². The Hall–Kier alpha value is -2.14. The number of rotatable bonds is 3. The fraction of sp³-hybridized carbons (Fsp3) is 0. The molecule has 0 atom stereocenters. The van der Waals surface area contributed by atoms with E-state index < -0.39 is 28.9 Å². The molecular weight excluding hydrogens is 278 g/mol. The Labute approximate surface area is 112 Å². The van der Waals surface area contributed by atoms with Crippen LogP contribution in [0.15, 0.2) is 36.4 Å². The molecule has 0 radical (unpaired) electrons. The van der Waals surface area contributed by atoms with Crippen LogP contribution < -0.4 is 4.74 Å². The lowest BCUT2D eigenvalue weighted by Crippen LogP contribution is -2.02. The third-order valence-corrected chi connectivity index (χ3v) is 2.62. The SMILES string of the molecule is O=C(O)c1cccc(F)c1Oc1cccc(Cl)c1F. The maximum absolute atomic E-state index is 13.6. The second kappa shape index (κ2) is 5.24. The van der Waals surface area contributed by atoms with Crippen LogP contribution in [-0.4, -0.2) is 11.1 Å². The first-order valence-corrected chi connectivity index (χ1v) is 5.52. The third-order valence-electron chi connectivity index (χ3n) is 2.33. The van der Waals surface area contributed by atoms with Crippen molar-refractivity contribution in [1.82, 2.24) is 0 Å². The Morgan fingerprint density at radius 3 is 2.53 bits per heavy atom. The number of hydrogen-bond donors (Lipinski definition) is 1. The lowest BCUT2D eigenvalue weighted by molar-refractivity contribution is 0.0693. The minimum atomic E-state index is -1.38. The van der Waals surface area contributed by atoms with Crippen LogP contribution in [0.4, 0.5) is 8.78 Å². The van der Waals surface area contributed by atoms with Crippen LogP contribution in [0, 0.1) is 11.6 Å². The van der Waals surface area contributed by atoms with Crippen LogP contribution in [-0.2, 0) is 0 Å². The number of para-hydroxylation sites is 1. The van der Waals surface area contributed by atoms with Gasteiger partial charge >= 0.3 is 5.97 Å². The number of benzene rings is 2. The molecule has 1 N–H and O–H groups in total. The molecule has 98 valence electrons. The Balaban J connectivity index is 2.49. The molecule has 0 bridgehead atoms. The summed E-state index contributed by atoms with van der Waals surface area (Å²) < 4.78 is 32.2. The molecule has 0 unspecified atom stereocenters. The van der Waals surface area contributed by atoms with Gasteiger partial charge in [0.15, 0.2) is 23.1 Å². The summed E-state index contributed by atoms with van der Waals surface area (Å²) >= 11 is 5.56. The van der Waals surface area contributed by atoms with Gasteiger partial charge in [0.1, 0.15) is 5.56 Å². The lowest BCUT2D eigenvalue weighted by atomic mass is 10.2. The monoisotopic (exact) mass is 284 g/mol. The molecule has 2 aromatic rings. The van der Waals surface area contributed by atoms with Crippen molar-refractivity contribution in [2.75, 3.05) is 0 Å². The quantitative estimate of drug-likeness (QED) is 0.922. The summed E-state index contributed by atoms with van der Waals surface area (Å²) in [5, 5.41) is 8.72. The van der Waals surface area contributed by atoms with Crippen molar-refractivity contribution in [3.05, 3.63) is 58.6 Å². The smallest absolute Gasteiger partial charge is 0.339 e. The highest BCUT2D eigenvalue weighted by atomic mass is 35.5. The highest BCUT2D eigenvalue weighted by Crippen LogP contribution is 2.32. The minimum absolute atomic E-state index is 0.203. The van der Waals surface area contributed by atoms with Gasteiger partial charge < -0.3 is 9.84 Å². The number of ether oxygens (including phenoxy) is 1. The summed E-state index contributed by atoms with van der Waals surface area (Å²) in [6.07, 6.45) is 0. The summed E-state index contributed by atoms with van der Waals surface area (Å²) in [6, 6.07) is 7.32. The Bertz CT molecular complexity index is 644. The molecule has 0 aliphatic carbocycles. The van der Waals surface area contributed by atoms with Crippen molar-refractivity contribution in [3.8, 4) is 11.5 Å². The average Bonchev–Trinajstić information content (AvgIpc) is 2.36. The van der Waals surface area contributed by atoms with E-state index >= 15 is 0 Å². The van der Waals surface area contributed by atoms with Gasteiger partial charge in [0.05, 0.1) is 5.02 Å². The molecule has 0 aliphatic heterocycles. The van der Waals surface area contributed by atoms with Gasteiger partial charge in [-0.25, -0.2) is 13.6 Å². The fourth-order valence-electron chi connectivity index (χ4n) is 1.45. The van der Waals surface area contributed by atoms with Gasteiger partial charge in [-0.05, 0) is 24.3 Å². The maximum atomic E-state index is 13.6. The molecule has 2 aromatic carbocycles. The predicted molar refractivity (Wildman–Crippen MR) is 64.8 cm³/mol. The predicted octanol–water partition coefficient (Wildman–Crippen LogP) is 4.11. The molecule has 0 saturated heterocycles. The highest BCUT2D eigenvalue weighted by Gasteiger charge is 2.18. The summed E-state index contributed by atoms with van der Waals surface area (Å²) in [7, 11) is 0. The van der Waals surface area contributed by atoms with Crippen molar-refractivity contribution in [3.63, 3.8) is 0 Å². The van der Waals surface area contributed by atoms with E-state index in [9.17, 15) is 13.6 Å². The van der Waals surface area contributed by atoms with Crippen LogP contribution in [0.25, 0.3) is 0 Å². The van der Waals surface area contributed by atoms with E-state index in [1.54, 1.807) is 0 Å². The second-order valence-electron chi connectivity index (χ2n) is 3.58. The first-order valence-electron chi connectivity index (χ1n) is 5.14. The van der Waals surface area contributed by atoms with Gasteiger partial charge in [0.2, 0.25) is 0 Å². The number of carboxylic acid groups (broad SMARTS) is 1. The molecule has 0 spiro atoms. The lowest BCUT2D eigenvalue weighted by Gasteiger charge is -2.10. The Kier molecular flexibility index (Phi) is 3.66. The number of halogens is 3. The van der Waals surface area contributed by atoms with Gasteiger partial charge in [-0.3, -0.25) is 0 Å². The largest absolute Gasteiger partial charge is 0.478 e. The molecule has 0 aromatic heterocycles. The van der Waals surface area contributed by atoms with Crippen molar-refractivity contribution in [2.45, 2.75) is 0 Å². The van der Waals surface area contributed by atoms with Crippen molar-refractivity contribution >= 4 is 17.6 Å². The minimum Gasteiger partial charge on any atom is -0.478 e. The summed E-state index contributed by atoms with van der Waals surface area (Å²) in [5.41, 5.74) is -0.403. The normalized spacial score (nSPS) is 10.3. The molecule has 0 saturated carbocycles. The zero-order chi connectivity index (χ0) is 14.0. The van der Waals surface area contributed by atoms with Crippen LogP contribution in [0.3, 0.4) is 0 Å². The number of carboxylic acids is 1. The zero-order valence-corrected chi connectivity index (χ0v) is 10.1. The van der Waals surface area contributed by atoms with Crippen molar-refractivity contribution in [2.24, 2.45) is 0 Å². The Morgan fingerprint density at radius 2 is 1.84 bits per heavy atom. The summed E-state index contributed by atoms with van der Waals surface area (Å²) in [4.78, 5) is 10.9. The Morgan fingerprint density at radius 1 is 1.16 bits per heavy atom. The van der Waals surface area contributed by atoms with Crippen molar-refractivity contribution in [1.29, 1.82) is 0 Å². The van der Waals surface area contributed by atoms with Gasteiger partial charge in [-0.15, -0.1) is 0 Å². The molecular formula is C13H7ClF2O3. The van der Waals surface area contributed by atoms with Crippen LogP contribution in [0.5, 0.6) is 11.5 Å².